The Morgan fingerprint density at radius 2 is 2.14 bits per heavy atom. The van der Waals surface area contributed by atoms with Crippen LogP contribution < -0.4 is 5.32 Å². The molecular formula is C14H23N3O4. The zero-order valence-electron chi connectivity index (χ0n) is 12.5. The minimum atomic E-state index is -0.419. The van der Waals surface area contributed by atoms with Crippen molar-refractivity contribution < 1.29 is 19.2 Å². The third-order valence-corrected chi connectivity index (χ3v) is 4.76. The summed E-state index contributed by atoms with van der Waals surface area (Å²) in [4.78, 5) is 30.6. The predicted molar refractivity (Wildman–Crippen MR) is 74.3 cm³/mol. The maximum absolute atomic E-state index is 12.3. The van der Waals surface area contributed by atoms with Gasteiger partial charge in [-0.1, -0.05) is 0 Å². The van der Waals surface area contributed by atoms with Crippen molar-refractivity contribution in [2.24, 2.45) is 5.92 Å². The van der Waals surface area contributed by atoms with E-state index in [2.05, 4.69) is 5.32 Å². The van der Waals surface area contributed by atoms with Gasteiger partial charge in [-0.25, -0.2) is 4.79 Å². The molecule has 7 heteroatoms. The summed E-state index contributed by atoms with van der Waals surface area (Å²) >= 11 is 0. The molecule has 3 aliphatic rings. The molecule has 3 heterocycles. The van der Waals surface area contributed by atoms with Crippen LogP contribution in [0.1, 0.15) is 25.7 Å². The van der Waals surface area contributed by atoms with Crippen LogP contribution in [-0.4, -0.2) is 67.4 Å². The smallest absolute Gasteiger partial charge is 0.407 e. The lowest BCUT2D eigenvalue weighted by molar-refractivity contribution is -0.164. The number of nitrogens with zero attached hydrogens (tertiary/aromatic N) is 2. The van der Waals surface area contributed by atoms with Crippen molar-refractivity contribution in [3.63, 3.8) is 0 Å². The van der Waals surface area contributed by atoms with Crippen LogP contribution in [0.15, 0.2) is 0 Å². The molecule has 21 heavy (non-hydrogen) atoms. The molecule has 3 rings (SSSR count). The molecule has 2 amide bonds. The molecule has 0 unspecified atom stereocenters. The number of piperidine rings is 1. The monoisotopic (exact) mass is 297 g/mol. The van der Waals surface area contributed by atoms with Crippen LogP contribution in [0.25, 0.3) is 0 Å². The second kappa shape index (κ2) is 5.81. The van der Waals surface area contributed by atoms with Gasteiger partial charge in [-0.05, 0) is 18.8 Å². The topological polar surface area (TPSA) is 71.1 Å². The van der Waals surface area contributed by atoms with Crippen LogP contribution in [0.3, 0.4) is 0 Å². The highest BCUT2D eigenvalue weighted by molar-refractivity contribution is 5.78. The zero-order valence-corrected chi connectivity index (χ0v) is 12.5. The first-order valence-electron chi connectivity index (χ1n) is 7.64. The highest BCUT2D eigenvalue weighted by Gasteiger charge is 2.50. The molecule has 1 spiro atoms. The maximum atomic E-state index is 12.3. The van der Waals surface area contributed by atoms with Crippen molar-refractivity contribution in [3.8, 4) is 0 Å². The van der Waals surface area contributed by atoms with Gasteiger partial charge in [0, 0.05) is 32.5 Å². The molecule has 0 aromatic heterocycles. The van der Waals surface area contributed by atoms with E-state index in [0.717, 1.165) is 32.4 Å². The van der Waals surface area contributed by atoms with E-state index < -0.39 is 5.60 Å². The second-order valence-electron chi connectivity index (χ2n) is 6.26. The number of alkyl carbamates (subject to hydrolysis) is 1. The molecule has 3 aliphatic heterocycles. The largest absolute Gasteiger partial charge is 0.439 e. The van der Waals surface area contributed by atoms with Crippen molar-refractivity contribution in [3.05, 3.63) is 0 Å². The highest BCUT2D eigenvalue weighted by atomic mass is 16.7. The fraction of sp³-hybridized carbons (Fsp3) is 0.857. The molecule has 3 saturated heterocycles. The Morgan fingerprint density at radius 1 is 1.43 bits per heavy atom. The lowest BCUT2D eigenvalue weighted by atomic mass is 9.87. The summed E-state index contributed by atoms with van der Waals surface area (Å²) < 4.78 is 5.34. The van der Waals surface area contributed by atoms with E-state index in [1.54, 1.807) is 7.11 Å². The van der Waals surface area contributed by atoms with Crippen molar-refractivity contribution in [2.75, 3.05) is 39.8 Å². The van der Waals surface area contributed by atoms with E-state index in [1.807, 2.05) is 9.96 Å². The second-order valence-corrected chi connectivity index (χ2v) is 6.26. The van der Waals surface area contributed by atoms with Gasteiger partial charge in [0.1, 0.15) is 0 Å². The van der Waals surface area contributed by atoms with Crippen molar-refractivity contribution in [1.29, 1.82) is 0 Å². The van der Waals surface area contributed by atoms with Gasteiger partial charge >= 0.3 is 6.09 Å². The summed E-state index contributed by atoms with van der Waals surface area (Å²) in [7, 11) is 1.69. The third kappa shape index (κ3) is 3.13. The number of likely N-dealkylation sites (tertiary alicyclic amines) is 1. The molecule has 1 N–H and O–H groups in total. The Bertz CT molecular complexity index is 414. The SMILES string of the molecule is CON1CCC(CC(=O)N2CC3(CCNC(=O)O3)C2)CC1. The van der Waals surface area contributed by atoms with E-state index in [1.165, 1.54) is 0 Å². The van der Waals surface area contributed by atoms with E-state index in [-0.39, 0.29) is 12.0 Å². The van der Waals surface area contributed by atoms with Gasteiger partial charge in [-0.2, -0.15) is 5.06 Å². The minimum absolute atomic E-state index is 0.186. The summed E-state index contributed by atoms with van der Waals surface area (Å²) in [5, 5.41) is 4.58. The Hall–Kier alpha value is -1.34. The van der Waals surface area contributed by atoms with Crippen LogP contribution >= 0.6 is 0 Å². The molecule has 0 saturated carbocycles. The fourth-order valence-corrected chi connectivity index (χ4v) is 3.40. The summed E-state index contributed by atoms with van der Waals surface area (Å²) in [6.07, 6.45) is 3.02. The third-order valence-electron chi connectivity index (χ3n) is 4.76. The normalized spacial score (nSPS) is 26.1. The van der Waals surface area contributed by atoms with E-state index in [0.29, 0.717) is 32.0 Å². The lowest BCUT2D eigenvalue weighted by Gasteiger charge is -2.51. The number of nitrogens with one attached hydrogen (secondary N) is 1. The number of hydroxylamine groups is 2. The standard InChI is InChI=1S/C14H23N3O4/c1-20-17-6-2-11(3-7-17)8-12(18)16-9-14(10-16)4-5-15-13(19)21-14/h11H,2-10H2,1H3,(H,15,19). The van der Waals surface area contributed by atoms with E-state index in [4.69, 9.17) is 9.57 Å². The number of hydrogen-bond donors (Lipinski definition) is 1. The Kier molecular flexibility index (Phi) is 4.03. The number of hydrogen-bond acceptors (Lipinski definition) is 5. The molecular weight excluding hydrogens is 274 g/mol. The van der Waals surface area contributed by atoms with Crippen LogP contribution in [0.5, 0.6) is 0 Å². The zero-order chi connectivity index (χ0) is 14.9. The summed E-state index contributed by atoms with van der Waals surface area (Å²) in [5.41, 5.74) is -0.419. The van der Waals surface area contributed by atoms with E-state index in [9.17, 15) is 9.59 Å². The molecule has 0 aliphatic carbocycles. The number of amides is 2. The first kappa shape index (κ1) is 14.6. The maximum Gasteiger partial charge on any atom is 0.407 e. The quantitative estimate of drug-likeness (QED) is 0.814. The summed E-state index contributed by atoms with van der Waals surface area (Å²) in [5.74, 6) is 0.627. The van der Waals surface area contributed by atoms with Crippen LogP contribution in [0.2, 0.25) is 0 Å². The lowest BCUT2D eigenvalue weighted by Crippen LogP contribution is -2.68. The number of carbonyl (C=O) groups excluding carboxylic acids is 2. The van der Waals surface area contributed by atoms with E-state index >= 15 is 0 Å². The van der Waals surface area contributed by atoms with Gasteiger partial charge in [0.2, 0.25) is 5.91 Å². The summed E-state index contributed by atoms with van der Waals surface area (Å²) in [6, 6.07) is 0. The molecule has 118 valence electrons. The van der Waals surface area contributed by atoms with Crippen LogP contribution in [0.4, 0.5) is 4.79 Å². The van der Waals surface area contributed by atoms with Crippen LogP contribution in [0, 0.1) is 5.92 Å². The van der Waals surface area contributed by atoms with Gasteiger partial charge in [-0.3, -0.25) is 4.79 Å². The number of rotatable bonds is 3. The highest BCUT2D eigenvalue weighted by Crippen LogP contribution is 2.32. The molecule has 7 nitrogen and oxygen atoms in total. The average Bonchev–Trinajstić information content (AvgIpc) is 2.45. The van der Waals surface area contributed by atoms with Gasteiger partial charge in [0.05, 0.1) is 20.2 Å². The first-order valence-corrected chi connectivity index (χ1v) is 7.64. The van der Waals surface area contributed by atoms with Gasteiger partial charge in [-0.15, -0.1) is 0 Å². The van der Waals surface area contributed by atoms with Gasteiger partial charge in [0.25, 0.3) is 0 Å². The average molecular weight is 297 g/mol. The molecule has 0 bridgehead atoms. The number of carbonyl (C=O) groups is 2. The Balaban J connectivity index is 1.42. The minimum Gasteiger partial charge on any atom is -0.439 e. The van der Waals surface area contributed by atoms with Crippen molar-refractivity contribution in [1.82, 2.24) is 15.3 Å². The predicted octanol–water partition coefficient (Wildman–Crippen LogP) is 0.361. The number of ether oxygens (including phenoxy) is 1. The fourth-order valence-electron chi connectivity index (χ4n) is 3.40. The molecule has 0 atom stereocenters. The molecule has 0 radical (unpaired) electrons. The summed E-state index contributed by atoms with van der Waals surface area (Å²) in [6.45, 7) is 3.52. The van der Waals surface area contributed by atoms with Gasteiger partial charge < -0.3 is 19.8 Å². The molecule has 3 fully saturated rings. The van der Waals surface area contributed by atoms with Gasteiger partial charge in [0.15, 0.2) is 5.60 Å². The Labute approximate surface area is 124 Å². The van der Waals surface area contributed by atoms with Crippen molar-refractivity contribution in [2.45, 2.75) is 31.3 Å². The molecule has 0 aromatic rings. The Morgan fingerprint density at radius 3 is 2.76 bits per heavy atom. The van der Waals surface area contributed by atoms with Crippen molar-refractivity contribution >= 4 is 12.0 Å². The van der Waals surface area contributed by atoms with Crippen LogP contribution in [-0.2, 0) is 14.4 Å². The first-order chi connectivity index (χ1) is 10.1. The molecule has 0 aromatic carbocycles.